The number of hydrogen-bond acceptors (Lipinski definition) is 5. The second kappa shape index (κ2) is 3.99. The number of hydrogen-bond donors (Lipinski definition) is 1. The Morgan fingerprint density at radius 1 is 1.53 bits per heavy atom. The van der Waals surface area contributed by atoms with Gasteiger partial charge in [0.25, 0.3) is 11.5 Å². The summed E-state index contributed by atoms with van der Waals surface area (Å²) >= 11 is 0. The van der Waals surface area contributed by atoms with Gasteiger partial charge in [0.05, 0.1) is 17.1 Å². The van der Waals surface area contributed by atoms with Gasteiger partial charge in [-0.25, -0.2) is 0 Å². The zero-order chi connectivity index (χ0) is 12.5. The molecule has 6 heteroatoms. The number of nitro benzene ring substituents is 1. The summed E-state index contributed by atoms with van der Waals surface area (Å²) in [5.41, 5.74) is 1.21. The number of benzene rings is 1. The van der Waals surface area contributed by atoms with Gasteiger partial charge in [-0.2, -0.15) is 0 Å². The van der Waals surface area contributed by atoms with E-state index in [9.17, 15) is 15.2 Å². The molecule has 1 aliphatic rings. The predicted molar refractivity (Wildman–Crippen MR) is 60.5 cm³/mol. The summed E-state index contributed by atoms with van der Waals surface area (Å²) in [4.78, 5) is 14.8. The van der Waals surface area contributed by atoms with Crippen LogP contribution in [0.3, 0.4) is 0 Å². The van der Waals surface area contributed by atoms with Crippen molar-refractivity contribution in [1.82, 2.24) is 0 Å². The molecule has 1 aromatic carbocycles. The Hall–Kier alpha value is -2.21. The van der Waals surface area contributed by atoms with Crippen molar-refractivity contribution in [2.24, 2.45) is 5.16 Å². The van der Waals surface area contributed by atoms with Gasteiger partial charge in [0.15, 0.2) is 0 Å². The third-order valence-electron chi connectivity index (χ3n) is 2.46. The third-order valence-corrected chi connectivity index (χ3v) is 2.46. The molecule has 1 N–H and O–H groups in total. The highest BCUT2D eigenvalue weighted by Crippen LogP contribution is 2.25. The summed E-state index contributed by atoms with van der Waals surface area (Å²) < 4.78 is 0. The van der Waals surface area contributed by atoms with Gasteiger partial charge in [0, 0.05) is 17.7 Å². The SMILES string of the molecule is C=C[C@]1(O)CC(c2ccc([N+](=O)[O-])cc2)=NO1. The summed E-state index contributed by atoms with van der Waals surface area (Å²) in [5.74, 6) is -1.48. The molecule has 1 aliphatic heterocycles. The van der Waals surface area contributed by atoms with Gasteiger partial charge in [-0.15, -0.1) is 0 Å². The molecule has 88 valence electrons. The van der Waals surface area contributed by atoms with Crippen molar-refractivity contribution in [1.29, 1.82) is 0 Å². The highest BCUT2D eigenvalue weighted by molar-refractivity contribution is 6.01. The lowest BCUT2D eigenvalue weighted by Gasteiger charge is -2.13. The predicted octanol–water partition coefficient (Wildman–Crippen LogP) is 1.59. The minimum Gasteiger partial charge on any atom is -0.355 e. The van der Waals surface area contributed by atoms with Crippen LogP contribution < -0.4 is 0 Å². The second-order valence-electron chi connectivity index (χ2n) is 3.66. The topological polar surface area (TPSA) is 85.0 Å². The average molecular weight is 234 g/mol. The standard InChI is InChI=1S/C11H10N2O4/c1-2-11(14)7-10(12-17-11)8-3-5-9(6-4-8)13(15)16/h2-6,14H,1,7H2/t11-/m1/s1. The average Bonchev–Trinajstić information content (AvgIpc) is 2.73. The molecule has 0 aromatic heterocycles. The first-order valence-electron chi connectivity index (χ1n) is 4.90. The molecule has 2 rings (SSSR count). The Balaban J connectivity index is 2.20. The van der Waals surface area contributed by atoms with E-state index in [-0.39, 0.29) is 12.1 Å². The summed E-state index contributed by atoms with van der Waals surface area (Å²) in [6.45, 7) is 3.44. The first kappa shape index (κ1) is 11.3. The van der Waals surface area contributed by atoms with E-state index in [1.165, 1.54) is 18.2 Å². The normalized spacial score (nSPS) is 22.8. The van der Waals surface area contributed by atoms with Crippen molar-refractivity contribution in [3.05, 3.63) is 52.6 Å². The van der Waals surface area contributed by atoms with Crippen molar-refractivity contribution < 1.29 is 14.9 Å². The lowest BCUT2D eigenvalue weighted by molar-refractivity contribution is -0.384. The monoisotopic (exact) mass is 234 g/mol. The van der Waals surface area contributed by atoms with Crippen LogP contribution in [0.4, 0.5) is 5.69 Å². The smallest absolute Gasteiger partial charge is 0.269 e. The summed E-state index contributed by atoms with van der Waals surface area (Å²) in [6, 6.07) is 5.89. The zero-order valence-corrected chi connectivity index (χ0v) is 8.87. The highest BCUT2D eigenvalue weighted by Gasteiger charge is 2.34. The Morgan fingerprint density at radius 2 is 2.18 bits per heavy atom. The molecule has 1 aromatic rings. The van der Waals surface area contributed by atoms with Crippen LogP contribution in [0.5, 0.6) is 0 Å². The Labute approximate surface area is 97.0 Å². The van der Waals surface area contributed by atoms with Crippen LogP contribution in [-0.4, -0.2) is 21.5 Å². The van der Waals surface area contributed by atoms with E-state index in [1.54, 1.807) is 12.1 Å². The molecule has 0 unspecified atom stereocenters. The van der Waals surface area contributed by atoms with Gasteiger partial charge < -0.3 is 9.94 Å². The van der Waals surface area contributed by atoms with Crippen LogP contribution in [0.1, 0.15) is 12.0 Å². The molecule has 0 amide bonds. The molecule has 0 saturated carbocycles. The molecule has 1 atom stereocenters. The van der Waals surface area contributed by atoms with Crippen molar-refractivity contribution in [3.8, 4) is 0 Å². The van der Waals surface area contributed by atoms with E-state index in [1.807, 2.05) is 0 Å². The van der Waals surface area contributed by atoms with Gasteiger partial charge in [0.1, 0.15) is 0 Å². The van der Waals surface area contributed by atoms with Gasteiger partial charge in [-0.1, -0.05) is 11.7 Å². The van der Waals surface area contributed by atoms with E-state index in [0.29, 0.717) is 11.3 Å². The number of nitro groups is 1. The molecule has 6 nitrogen and oxygen atoms in total. The molecular formula is C11H10N2O4. The number of aliphatic hydroxyl groups is 1. The van der Waals surface area contributed by atoms with Crippen LogP contribution in [-0.2, 0) is 4.84 Å². The number of oxime groups is 1. The minimum atomic E-state index is -1.48. The van der Waals surface area contributed by atoms with E-state index in [2.05, 4.69) is 11.7 Å². The fraction of sp³-hybridized carbons (Fsp3) is 0.182. The maximum absolute atomic E-state index is 10.5. The van der Waals surface area contributed by atoms with Crippen molar-refractivity contribution in [2.45, 2.75) is 12.2 Å². The second-order valence-corrected chi connectivity index (χ2v) is 3.66. The van der Waals surface area contributed by atoms with Crippen molar-refractivity contribution >= 4 is 11.4 Å². The first-order valence-corrected chi connectivity index (χ1v) is 4.90. The fourth-order valence-corrected chi connectivity index (χ4v) is 1.48. The zero-order valence-electron chi connectivity index (χ0n) is 8.87. The fourth-order valence-electron chi connectivity index (χ4n) is 1.48. The molecular weight excluding hydrogens is 224 g/mol. The minimum absolute atomic E-state index is 0.00671. The van der Waals surface area contributed by atoms with Crippen molar-refractivity contribution in [2.75, 3.05) is 0 Å². The molecule has 0 spiro atoms. The number of non-ortho nitro benzene ring substituents is 1. The lowest BCUT2D eigenvalue weighted by atomic mass is 10.0. The molecule has 0 fully saturated rings. The molecule has 0 aliphatic carbocycles. The van der Waals surface area contributed by atoms with Gasteiger partial charge in [-0.05, 0) is 18.2 Å². The number of rotatable bonds is 3. The van der Waals surface area contributed by atoms with Crippen LogP contribution >= 0.6 is 0 Å². The van der Waals surface area contributed by atoms with E-state index >= 15 is 0 Å². The molecule has 17 heavy (non-hydrogen) atoms. The third kappa shape index (κ3) is 2.16. The van der Waals surface area contributed by atoms with Crippen molar-refractivity contribution in [3.63, 3.8) is 0 Å². The van der Waals surface area contributed by atoms with Crippen LogP contribution in [0.15, 0.2) is 42.1 Å². The van der Waals surface area contributed by atoms with Gasteiger partial charge >= 0.3 is 0 Å². The molecule has 1 heterocycles. The van der Waals surface area contributed by atoms with Crippen LogP contribution in [0.25, 0.3) is 0 Å². The quantitative estimate of drug-likeness (QED) is 0.489. The first-order chi connectivity index (χ1) is 8.04. The van der Waals surface area contributed by atoms with E-state index in [4.69, 9.17) is 4.84 Å². The molecule has 0 radical (unpaired) electrons. The summed E-state index contributed by atoms with van der Waals surface area (Å²) in [7, 11) is 0. The lowest BCUT2D eigenvalue weighted by Crippen LogP contribution is -2.25. The van der Waals surface area contributed by atoms with Gasteiger partial charge in [-0.3, -0.25) is 10.1 Å². The Bertz CT molecular complexity index is 495. The van der Waals surface area contributed by atoms with Gasteiger partial charge in [0.2, 0.25) is 0 Å². The summed E-state index contributed by atoms with van der Waals surface area (Å²) in [5, 5.41) is 23.9. The molecule has 0 saturated heterocycles. The Kier molecular flexibility index (Phi) is 2.64. The number of nitrogens with zero attached hydrogens (tertiary/aromatic N) is 2. The Morgan fingerprint density at radius 3 is 2.65 bits per heavy atom. The maximum atomic E-state index is 10.5. The largest absolute Gasteiger partial charge is 0.355 e. The highest BCUT2D eigenvalue weighted by atomic mass is 16.7. The maximum Gasteiger partial charge on any atom is 0.269 e. The van der Waals surface area contributed by atoms with E-state index in [0.717, 1.165) is 0 Å². The summed E-state index contributed by atoms with van der Waals surface area (Å²) in [6.07, 6.45) is 1.43. The molecule has 0 bridgehead atoms. The van der Waals surface area contributed by atoms with Crippen LogP contribution in [0, 0.1) is 10.1 Å². The van der Waals surface area contributed by atoms with E-state index < -0.39 is 10.7 Å². The van der Waals surface area contributed by atoms with Crippen LogP contribution in [0.2, 0.25) is 0 Å².